The molecule has 0 heteroatoms. The average molecular weight is 609 g/mol. The van der Waals surface area contributed by atoms with E-state index in [4.69, 9.17) is 0 Å². The van der Waals surface area contributed by atoms with Gasteiger partial charge < -0.3 is 0 Å². The first-order valence-electron chi connectivity index (χ1n) is 16.6. The Morgan fingerprint density at radius 2 is 0.750 bits per heavy atom. The zero-order valence-electron chi connectivity index (χ0n) is 26.5. The SMILES string of the molecule is c1ccc(-c2ccc3c(-c4cc(-c5ccccc5-c5ccccc5)c5ccccc5c4)c4cc(-c5ccccc5)ccc4cc3c2)cc1. The van der Waals surface area contributed by atoms with Gasteiger partial charge in [0, 0.05) is 0 Å². The summed E-state index contributed by atoms with van der Waals surface area (Å²) < 4.78 is 0. The highest BCUT2D eigenvalue weighted by atomic mass is 14.2. The summed E-state index contributed by atoms with van der Waals surface area (Å²) in [6.07, 6.45) is 0. The second kappa shape index (κ2) is 11.8. The maximum absolute atomic E-state index is 2.43. The van der Waals surface area contributed by atoms with Gasteiger partial charge in [0.1, 0.15) is 0 Å². The van der Waals surface area contributed by atoms with E-state index in [0.29, 0.717) is 0 Å². The summed E-state index contributed by atoms with van der Waals surface area (Å²) >= 11 is 0. The van der Waals surface area contributed by atoms with Crippen molar-refractivity contribution in [2.24, 2.45) is 0 Å². The standard InChI is InChI=1S/C48H32/c1-4-14-33(15-5-1)36-26-27-44-40(28-36)29-39-25-24-37(34-16-6-2-7-17-34)31-46(39)48(44)41-30-38-20-10-11-22-43(38)47(32-41)45-23-13-12-21-42(45)35-18-8-3-9-19-35/h1-32H. The lowest BCUT2D eigenvalue weighted by Crippen LogP contribution is -1.91. The molecule has 0 aromatic heterocycles. The molecule has 0 heterocycles. The van der Waals surface area contributed by atoms with Crippen LogP contribution in [0.25, 0.3) is 88.0 Å². The molecule has 0 aliphatic carbocycles. The zero-order chi connectivity index (χ0) is 31.9. The number of hydrogen-bond acceptors (Lipinski definition) is 0. The molecule has 0 fully saturated rings. The monoisotopic (exact) mass is 608 g/mol. The molecule has 0 amide bonds. The van der Waals surface area contributed by atoms with E-state index in [9.17, 15) is 0 Å². The van der Waals surface area contributed by atoms with Crippen LogP contribution >= 0.6 is 0 Å². The maximum atomic E-state index is 2.43. The molecule has 0 radical (unpaired) electrons. The number of benzene rings is 9. The van der Waals surface area contributed by atoms with Gasteiger partial charge in [0.05, 0.1) is 0 Å². The summed E-state index contributed by atoms with van der Waals surface area (Å²) in [6, 6.07) is 70.9. The van der Waals surface area contributed by atoms with Crippen molar-refractivity contribution >= 4 is 32.3 Å². The molecule has 0 spiro atoms. The third-order valence-corrected chi connectivity index (χ3v) is 9.62. The van der Waals surface area contributed by atoms with Crippen LogP contribution in [0.3, 0.4) is 0 Å². The first kappa shape index (κ1) is 28.0. The van der Waals surface area contributed by atoms with Crippen molar-refractivity contribution in [3.8, 4) is 55.6 Å². The highest BCUT2D eigenvalue weighted by molar-refractivity contribution is 6.16. The first-order chi connectivity index (χ1) is 23.8. The molecular weight excluding hydrogens is 577 g/mol. The van der Waals surface area contributed by atoms with Crippen LogP contribution in [-0.2, 0) is 0 Å². The van der Waals surface area contributed by atoms with E-state index in [-0.39, 0.29) is 0 Å². The Hall–Kier alpha value is -6.24. The third kappa shape index (κ3) is 4.96. The molecule has 0 saturated heterocycles. The third-order valence-electron chi connectivity index (χ3n) is 9.62. The Balaban J connectivity index is 1.36. The summed E-state index contributed by atoms with van der Waals surface area (Å²) in [5.41, 5.74) is 12.3. The minimum atomic E-state index is 1.22. The zero-order valence-corrected chi connectivity index (χ0v) is 26.5. The first-order valence-corrected chi connectivity index (χ1v) is 16.6. The Morgan fingerprint density at radius 3 is 1.48 bits per heavy atom. The van der Waals surface area contributed by atoms with Crippen LogP contribution in [0.15, 0.2) is 194 Å². The minimum Gasteiger partial charge on any atom is -0.0622 e. The van der Waals surface area contributed by atoms with Crippen molar-refractivity contribution in [2.75, 3.05) is 0 Å². The van der Waals surface area contributed by atoms with Crippen LogP contribution in [0.1, 0.15) is 0 Å². The summed E-state index contributed by atoms with van der Waals surface area (Å²) in [5.74, 6) is 0. The number of fused-ring (bicyclic) bond motifs is 3. The van der Waals surface area contributed by atoms with Gasteiger partial charge in [0.15, 0.2) is 0 Å². The largest absolute Gasteiger partial charge is 0.0622 e. The van der Waals surface area contributed by atoms with Gasteiger partial charge in [-0.25, -0.2) is 0 Å². The fraction of sp³-hybridized carbons (Fsp3) is 0. The van der Waals surface area contributed by atoms with Gasteiger partial charge in [-0.15, -0.1) is 0 Å². The molecular formula is C48H32. The predicted molar refractivity (Wildman–Crippen MR) is 206 cm³/mol. The van der Waals surface area contributed by atoms with Crippen molar-refractivity contribution in [3.63, 3.8) is 0 Å². The molecule has 0 bridgehead atoms. The second-order valence-corrected chi connectivity index (χ2v) is 12.5. The van der Waals surface area contributed by atoms with Gasteiger partial charge >= 0.3 is 0 Å². The molecule has 0 nitrogen and oxygen atoms in total. The Labute approximate surface area is 281 Å². The van der Waals surface area contributed by atoms with Crippen LogP contribution in [-0.4, -0.2) is 0 Å². The fourth-order valence-corrected chi connectivity index (χ4v) is 7.32. The molecule has 9 aromatic rings. The Kier molecular flexibility index (Phi) is 6.91. The van der Waals surface area contributed by atoms with Crippen molar-refractivity contribution in [1.82, 2.24) is 0 Å². The van der Waals surface area contributed by atoms with E-state index in [1.54, 1.807) is 0 Å². The van der Waals surface area contributed by atoms with E-state index in [0.717, 1.165) is 0 Å². The second-order valence-electron chi connectivity index (χ2n) is 12.5. The van der Waals surface area contributed by atoms with Crippen LogP contribution in [0.4, 0.5) is 0 Å². The van der Waals surface area contributed by atoms with Gasteiger partial charge in [-0.1, -0.05) is 164 Å². The van der Waals surface area contributed by atoms with E-state index >= 15 is 0 Å². The lowest BCUT2D eigenvalue weighted by Gasteiger charge is -2.18. The maximum Gasteiger partial charge on any atom is -0.00262 e. The summed E-state index contributed by atoms with van der Waals surface area (Å²) in [7, 11) is 0. The van der Waals surface area contributed by atoms with E-state index in [2.05, 4.69) is 194 Å². The van der Waals surface area contributed by atoms with E-state index in [1.807, 2.05) is 0 Å². The van der Waals surface area contributed by atoms with Gasteiger partial charge in [0.25, 0.3) is 0 Å². The molecule has 9 aromatic carbocycles. The Morgan fingerprint density at radius 1 is 0.208 bits per heavy atom. The molecule has 48 heavy (non-hydrogen) atoms. The topological polar surface area (TPSA) is 0 Å². The normalized spacial score (nSPS) is 11.3. The highest BCUT2D eigenvalue weighted by Crippen LogP contribution is 2.44. The van der Waals surface area contributed by atoms with Crippen molar-refractivity contribution < 1.29 is 0 Å². The minimum absolute atomic E-state index is 1.22. The predicted octanol–water partition coefficient (Wildman–Crippen LogP) is 13.5. The quantitative estimate of drug-likeness (QED) is 0.171. The van der Waals surface area contributed by atoms with Gasteiger partial charge in [-0.05, 0) is 118 Å². The molecule has 0 atom stereocenters. The fourth-order valence-electron chi connectivity index (χ4n) is 7.32. The lowest BCUT2D eigenvalue weighted by molar-refractivity contribution is 1.59. The smallest absolute Gasteiger partial charge is 0.00262 e. The van der Waals surface area contributed by atoms with Crippen LogP contribution < -0.4 is 0 Å². The van der Waals surface area contributed by atoms with Crippen LogP contribution in [0.5, 0.6) is 0 Å². The van der Waals surface area contributed by atoms with Crippen LogP contribution in [0.2, 0.25) is 0 Å². The van der Waals surface area contributed by atoms with E-state index < -0.39 is 0 Å². The average Bonchev–Trinajstić information content (AvgIpc) is 3.17. The van der Waals surface area contributed by atoms with Crippen molar-refractivity contribution in [2.45, 2.75) is 0 Å². The number of rotatable bonds is 5. The molecule has 0 N–H and O–H groups in total. The molecule has 0 unspecified atom stereocenters. The van der Waals surface area contributed by atoms with E-state index in [1.165, 1.54) is 88.0 Å². The van der Waals surface area contributed by atoms with Gasteiger partial charge in [-0.2, -0.15) is 0 Å². The van der Waals surface area contributed by atoms with Gasteiger partial charge in [-0.3, -0.25) is 0 Å². The summed E-state index contributed by atoms with van der Waals surface area (Å²) in [6.45, 7) is 0. The Bertz CT molecular complexity index is 2580. The lowest BCUT2D eigenvalue weighted by atomic mass is 9.85. The van der Waals surface area contributed by atoms with Crippen LogP contribution in [0, 0.1) is 0 Å². The van der Waals surface area contributed by atoms with Gasteiger partial charge in [0.2, 0.25) is 0 Å². The molecule has 0 aliphatic rings. The highest BCUT2D eigenvalue weighted by Gasteiger charge is 2.17. The molecule has 224 valence electrons. The van der Waals surface area contributed by atoms with Crippen molar-refractivity contribution in [1.29, 1.82) is 0 Å². The van der Waals surface area contributed by atoms with Crippen molar-refractivity contribution in [3.05, 3.63) is 194 Å². The molecule has 0 saturated carbocycles. The number of hydrogen-bond donors (Lipinski definition) is 0. The molecule has 9 rings (SSSR count). The summed E-state index contributed by atoms with van der Waals surface area (Å²) in [5, 5.41) is 7.48. The summed E-state index contributed by atoms with van der Waals surface area (Å²) in [4.78, 5) is 0. The molecule has 0 aliphatic heterocycles.